The van der Waals surface area contributed by atoms with Crippen molar-refractivity contribution < 1.29 is 22.7 Å². The maximum absolute atomic E-state index is 15.0. The van der Waals surface area contributed by atoms with Crippen molar-refractivity contribution in [1.29, 1.82) is 0 Å². The standard InChI is InChI=1S/C28H31F3N6O2/c1-16-6-23(29)22(28(38)35-19-2-3-19)8-26(16)37-12-18(9-33-37)21-7-20(10-32-27(21)31)34-25-4-5-36(13-24(25)30)11-17-14-39-15-17/h6-10,12,17,19,24-25,34H,2-5,11,13-15H2,1H3,(H,35,38). The highest BCUT2D eigenvalue weighted by molar-refractivity contribution is 5.95. The summed E-state index contributed by atoms with van der Waals surface area (Å²) in [4.78, 5) is 18.5. The molecule has 2 saturated heterocycles. The third kappa shape index (κ3) is 5.65. The summed E-state index contributed by atoms with van der Waals surface area (Å²) in [5, 5.41) is 10.3. The molecule has 2 aliphatic heterocycles. The van der Waals surface area contributed by atoms with Gasteiger partial charge in [-0.2, -0.15) is 9.49 Å². The molecular formula is C28H31F3N6O2. The third-order valence-electron chi connectivity index (χ3n) is 7.62. The number of likely N-dealkylation sites (tertiary alicyclic amines) is 1. The van der Waals surface area contributed by atoms with Crippen LogP contribution in [0.5, 0.6) is 0 Å². The van der Waals surface area contributed by atoms with Gasteiger partial charge in [0.05, 0.1) is 48.6 Å². The van der Waals surface area contributed by atoms with Crippen LogP contribution in [0, 0.1) is 24.6 Å². The molecule has 11 heteroatoms. The molecule has 1 saturated carbocycles. The number of piperidine rings is 1. The Balaban J connectivity index is 1.18. The van der Waals surface area contributed by atoms with E-state index in [9.17, 15) is 18.0 Å². The fraction of sp³-hybridized carbons (Fsp3) is 0.464. The second kappa shape index (κ2) is 10.6. The number of hydrogen-bond donors (Lipinski definition) is 2. The average Bonchev–Trinajstić information content (AvgIpc) is 3.56. The normalized spacial score (nSPS) is 21.9. The van der Waals surface area contributed by atoms with Crippen LogP contribution < -0.4 is 10.6 Å². The zero-order valence-electron chi connectivity index (χ0n) is 21.7. The first-order chi connectivity index (χ1) is 18.8. The minimum atomic E-state index is -1.07. The Labute approximate surface area is 224 Å². The lowest BCUT2D eigenvalue weighted by Crippen LogP contribution is -2.50. The van der Waals surface area contributed by atoms with Crippen LogP contribution in [0.25, 0.3) is 16.8 Å². The number of halogens is 3. The van der Waals surface area contributed by atoms with E-state index in [4.69, 9.17) is 4.74 Å². The number of amides is 1. The molecule has 3 fully saturated rings. The van der Waals surface area contributed by atoms with E-state index in [1.807, 2.05) is 0 Å². The van der Waals surface area contributed by atoms with E-state index in [0.717, 1.165) is 39.1 Å². The van der Waals surface area contributed by atoms with Gasteiger partial charge in [-0.25, -0.2) is 18.4 Å². The molecule has 3 aliphatic rings. The topological polar surface area (TPSA) is 84.3 Å². The largest absolute Gasteiger partial charge is 0.381 e. The fourth-order valence-electron chi connectivity index (χ4n) is 5.16. The summed E-state index contributed by atoms with van der Waals surface area (Å²) in [6.45, 7) is 5.18. The van der Waals surface area contributed by atoms with Gasteiger partial charge >= 0.3 is 0 Å². The lowest BCUT2D eigenvalue weighted by Gasteiger charge is -2.38. The predicted molar refractivity (Wildman–Crippen MR) is 140 cm³/mol. The highest BCUT2D eigenvalue weighted by atomic mass is 19.1. The van der Waals surface area contributed by atoms with Crippen molar-refractivity contribution in [2.75, 3.05) is 38.2 Å². The quantitative estimate of drug-likeness (QED) is 0.422. The van der Waals surface area contributed by atoms with Crippen LogP contribution in [0.1, 0.15) is 35.2 Å². The Kier molecular flexibility index (Phi) is 7.03. The number of anilines is 1. The Morgan fingerprint density at radius 3 is 2.69 bits per heavy atom. The number of aryl methyl sites for hydroxylation is 1. The van der Waals surface area contributed by atoms with Gasteiger partial charge in [0.25, 0.3) is 5.91 Å². The number of carbonyl (C=O) groups is 1. The Hall–Kier alpha value is -3.44. The maximum Gasteiger partial charge on any atom is 0.254 e. The SMILES string of the molecule is Cc1cc(F)c(C(=O)NC2CC2)cc1-n1cc(-c2cc(NC3CCN(CC4COC4)CC3F)cnc2F)cn1. The van der Waals surface area contributed by atoms with Crippen molar-refractivity contribution >= 4 is 11.6 Å². The van der Waals surface area contributed by atoms with Crippen LogP contribution in [0.15, 0.2) is 36.8 Å². The smallest absolute Gasteiger partial charge is 0.254 e. The number of aromatic nitrogens is 3. The zero-order chi connectivity index (χ0) is 27.1. The monoisotopic (exact) mass is 540 g/mol. The molecule has 6 rings (SSSR count). The minimum absolute atomic E-state index is 0.0635. The number of alkyl halides is 1. The number of carbonyl (C=O) groups excluding carboxylic acids is 1. The first-order valence-corrected chi connectivity index (χ1v) is 13.4. The molecular weight excluding hydrogens is 509 g/mol. The minimum Gasteiger partial charge on any atom is -0.381 e. The summed E-state index contributed by atoms with van der Waals surface area (Å²) in [6.07, 6.45) is 5.80. The van der Waals surface area contributed by atoms with Crippen molar-refractivity contribution in [2.45, 2.75) is 44.4 Å². The summed E-state index contributed by atoms with van der Waals surface area (Å²) in [6, 6.07) is 4.04. The van der Waals surface area contributed by atoms with Crippen molar-refractivity contribution in [3.05, 3.63) is 59.7 Å². The van der Waals surface area contributed by atoms with Gasteiger partial charge in [0.15, 0.2) is 0 Å². The van der Waals surface area contributed by atoms with E-state index in [1.165, 1.54) is 29.2 Å². The average molecular weight is 541 g/mol. The molecule has 0 bridgehead atoms. The first-order valence-electron chi connectivity index (χ1n) is 13.4. The van der Waals surface area contributed by atoms with E-state index in [-0.39, 0.29) is 17.2 Å². The fourth-order valence-corrected chi connectivity index (χ4v) is 5.16. The number of benzene rings is 1. The van der Waals surface area contributed by atoms with Crippen LogP contribution in [0.2, 0.25) is 0 Å². The van der Waals surface area contributed by atoms with Gasteiger partial charge in [-0.05, 0) is 49.9 Å². The molecule has 3 aromatic rings. The van der Waals surface area contributed by atoms with Gasteiger partial charge in [0.1, 0.15) is 12.0 Å². The second-order valence-electron chi connectivity index (χ2n) is 10.8. The van der Waals surface area contributed by atoms with Gasteiger partial charge in [-0.15, -0.1) is 0 Å². The van der Waals surface area contributed by atoms with E-state index in [2.05, 4.69) is 25.6 Å². The summed E-state index contributed by atoms with van der Waals surface area (Å²) >= 11 is 0. The third-order valence-corrected chi connectivity index (χ3v) is 7.62. The van der Waals surface area contributed by atoms with Crippen LogP contribution in [0.4, 0.5) is 18.9 Å². The number of ether oxygens (including phenoxy) is 1. The lowest BCUT2D eigenvalue weighted by atomic mass is 10.00. The second-order valence-corrected chi connectivity index (χ2v) is 10.8. The van der Waals surface area contributed by atoms with Gasteiger partial charge in [-0.3, -0.25) is 9.69 Å². The molecule has 2 atom stereocenters. The lowest BCUT2D eigenvalue weighted by molar-refractivity contribution is -0.0521. The van der Waals surface area contributed by atoms with Crippen LogP contribution in [-0.4, -0.2) is 76.7 Å². The number of nitrogens with zero attached hydrogens (tertiary/aromatic N) is 4. The molecule has 39 heavy (non-hydrogen) atoms. The predicted octanol–water partition coefficient (Wildman–Crippen LogP) is 3.88. The van der Waals surface area contributed by atoms with Crippen LogP contribution in [-0.2, 0) is 4.74 Å². The molecule has 4 heterocycles. The van der Waals surface area contributed by atoms with Gasteiger partial charge < -0.3 is 15.4 Å². The van der Waals surface area contributed by atoms with E-state index in [1.54, 1.807) is 19.2 Å². The number of nitrogens with one attached hydrogen (secondary N) is 2. The molecule has 2 aromatic heterocycles. The number of hydrogen-bond acceptors (Lipinski definition) is 6. The zero-order valence-corrected chi connectivity index (χ0v) is 21.7. The van der Waals surface area contributed by atoms with E-state index < -0.39 is 29.9 Å². The molecule has 0 spiro atoms. The number of rotatable bonds is 8. The summed E-state index contributed by atoms with van der Waals surface area (Å²) < 4.78 is 51.0. The van der Waals surface area contributed by atoms with Crippen molar-refractivity contribution in [3.8, 4) is 16.8 Å². The molecule has 2 unspecified atom stereocenters. The van der Waals surface area contributed by atoms with Crippen molar-refractivity contribution in [3.63, 3.8) is 0 Å². The van der Waals surface area contributed by atoms with E-state index in [0.29, 0.717) is 41.4 Å². The van der Waals surface area contributed by atoms with Gasteiger partial charge in [0, 0.05) is 48.9 Å². The van der Waals surface area contributed by atoms with Crippen LogP contribution in [0.3, 0.4) is 0 Å². The molecule has 2 N–H and O–H groups in total. The Morgan fingerprint density at radius 1 is 1.15 bits per heavy atom. The van der Waals surface area contributed by atoms with Crippen molar-refractivity contribution in [2.24, 2.45) is 5.92 Å². The van der Waals surface area contributed by atoms with E-state index >= 15 is 0 Å². The van der Waals surface area contributed by atoms with Crippen LogP contribution >= 0.6 is 0 Å². The summed E-state index contributed by atoms with van der Waals surface area (Å²) in [5.41, 5.74) is 2.19. The molecule has 0 radical (unpaired) electrons. The Morgan fingerprint density at radius 2 is 1.97 bits per heavy atom. The highest BCUT2D eigenvalue weighted by Gasteiger charge is 2.32. The van der Waals surface area contributed by atoms with Crippen molar-refractivity contribution in [1.82, 2.24) is 25.0 Å². The summed E-state index contributed by atoms with van der Waals surface area (Å²) in [7, 11) is 0. The highest BCUT2D eigenvalue weighted by Crippen LogP contribution is 2.29. The summed E-state index contributed by atoms with van der Waals surface area (Å²) in [5.74, 6) is -1.28. The maximum atomic E-state index is 15.0. The molecule has 1 aliphatic carbocycles. The van der Waals surface area contributed by atoms with Gasteiger partial charge in [0.2, 0.25) is 5.95 Å². The molecule has 8 nitrogen and oxygen atoms in total. The first kappa shape index (κ1) is 25.8. The molecule has 206 valence electrons. The Bertz CT molecular complexity index is 1370. The molecule has 1 aromatic carbocycles. The van der Waals surface area contributed by atoms with Gasteiger partial charge in [-0.1, -0.05) is 0 Å². The number of pyridine rings is 1. The molecule has 1 amide bonds.